The molecule has 3 rings (SSSR count). The maximum Gasteiger partial charge on any atom is 0.337 e. The first-order chi connectivity index (χ1) is 14.7. The Bertz CT molecular complexity index is 711. The van der Waals surface area contributed by atoms with E-state index in [2.05, 4.69) is 20.8 Å². The second-order valence-electron chi connectivity index (χ2n) is 10.5. The summed E-state index contributed by atoms with van der Waals surface area (Å²) < 4.78 is 17.4. The van der Waals surface area contributed by atoms with Crippen LogP contribution in [0.5, 0.6) is 0 Å². The molecule has 1 aromatic carbocycles. The molecular weight excluding hydrogens is 394 g/mol. The molecule has 2 fully saturated rings. The second kappa shape index (κ2) is 10.4. The fourth-order valence-electron chi connectivity index (χ4n) is 5.52. The van der Waals surface area contributed by atoms with Gasteiger partial charge in [0.2, 0.25) is 0 Å². The minimum atomic E-state index is -0.507. The Morgan fingerprint density at radius 1 is 1.23 bits per heavy atom. The van der Waals surface area contributed by atoms with E-state index in [1.807, 2.05) is 24.3 Å². The van der Waals surface area contributed by atoms with Gasteiger partial charge in [-0.25, -0.2) is 4.79 Å². The summed E-state index contributed by atoms with van der Waals surface area (Å²) in [4.78, 5) is 11.7. The van der Waals surface area contributed by atoms with Crippen LogP contribution in [0.25, 0.3) is 0 Å². The van der Waals surface area contributed by atoms with E-state index in [-0.39, 0.29) is 12.1 Å². The average Bonchev–Trinajstić information content (AvgIpc) is 2.71. The number of hydrogen-bond donors (Lipinski definition) is 1. The van der Waals surface area contributed by atoms with E-state index in [0.717, 1.165) is 42.5 Å². The fraction of sp³-hybridized carbons (Fsp3) is 0.720. The van der Waals surface area contributed by atoms with Gasteiger partial charge in [0.05, 0.1) is 38.6 Å². The van der Waals surface area contributed by atoms with Crippen molar-refractivity contribution in [3.8, 4) is 0 Å². The number of quaternary nitrogens is 1. The topological polar surface area (TPSA) is 65.0 Å². The van der Waals surface area contributed by atoms with Crippen molar-refractivity contribution in [2.45, 2.75) is 58.8 Å². The first-order valence-electron chi connectivity index (χ1n) is 11.6. The number of ether oxygens (including phenoxy) is 3. The molecule has 1 aliphatic heterocycles. The van der Waals surface area contributed by atoms with Gasteiger partial charge in [-0.2, -0.15) is 0 Å². The second-order valence-corrected chi connectivity index (χ2v) is 10.5. The zero-order valence-corrected chi connectivity index (χ0v) is 19.6. The predicted octanol–water partition coefficient (Wildman–Crippen LogP) is 3.41. The maximum absolute atomic E-state index is 11.7. The number of morpholine rings is 1. The highest BCUT2D eigenvalue weighted by atomic mass is 16.5. The largest absolute Gasteiger partial charge is 0.465 e. The van der Waals surface area contributed by atoms with Crippen molar-refractivity contribution in [3.05, 3.63) is 35.4 Å². The van der Waals surface area contributed by atoms with E-state index in [1.165, 1.54) is 13.5 Å². The van der Waals surface area contributed by atoms with E-state index in [0.29, 0.717) is 43.3 Å². The lowest BCUT2D eigenvalue weighted by Gasteiger charge is -2.43. The number of esters is 1. The third kappa shape index (κ3) is 7.01. The number of carbonyl (C=O) groups is 1. The normalized spacial score (nSPS) is 26.2. The minimum absolute atomic E-state index is 0.234. The molecule has 6 nitrogen and oxygen atoms in total. The number of hydrogen-bond acceptors (Lipinski definition) is 5. The molecule has 0 radical (unpaired) electrons. The Hall–Kier alpha value is -1.47. The summed E-state index contributed by atoms with van der Waals surface area (Å²) in [6, 6.07) is 7.58. The van der Waals surface area contributed by atoms with Crippen LogP contribution >= 0.6 is 0 Å². The highest BCUT2D eigenvalue weighted by molar-refractivity contribution is 5.89. The number of nitrogens with zero attached hydrogens (tertiary/aromatic N) is 1. The van der Waals surface area contributed by atoms with Crippen LogP contribution in [0.4, 0.5) is 0 Å². The molecule has 1 saturated carbocycles. The molecule has 174 valence electrons. The standard InChI is InChI=1S/C25H40NO5/c1-19-13-23(15-25(2,3)14-19)31-18-22(27)17-26(9-11-30-12-10-26)16-20-5-7-21(8-6-20)24(28)29-4/h5-8,19,22-23,27H,9-18H2,1-4H3/q+1/t19-,22-,23-/m1/s1. The quantitative estimate of drug-likeness (QED) is 0.502. The SMILES string of the molecule is COC(=O)c1ccc(C[N+]2(C[C@@H](O)CO[C@@H]3C[C@@H](C)CC(C)(C)C3)CCOCC2)cc1. The summed E-state index contributed by atoms with van der Waals surface area (Å²) in [6.07, 6.45) is 3.11. The van der Waals surface area contributed by atoms with Gasteiger partial charge in [0, 0.05) is 5.56 Å². The maximum atomic E-state index is 11.7. The van der Waals surface area contributed by atoms with Gasteiger partial charge in [-0.1, -0.05) is 32.9 Å². The molecule has 1 aliphatic carbocycles. The van der Waals surface area contributed by atoms with E-state index < -0.39 is 6.10 Å². The van der Waals surface area contributed by atoms with Crippen molar-refractivity contribution < 1.29 is 28.6 Å². The smallest absolute Gasteiger partial charge is 0.337 e. The van der Waals surface area contributed by atoms with Crippen molar-refractivity contribution in [1.29, 1.82) is 0 Å². The van der Waals surface area contributed by atoms with Crippen LogP contribution in [0.2, 0.25) is 0 Å². The van der Waals surface area contributed by atoms with E-state index in [1.54, 1.807) is 0 Å². The van der Waals surface area contributed by atoms with Gasteiger partial charge in [-0.05, 0) is 42.7 Å². The number of benzene rings is 1. The van der Waals surface area contributed by atoms with Crippen LogP contribution in [-0.2, 0) is 20.8 Å². The number of carbonyl (C=O) groups excluding carboxylic acids is 1. The molecule has 0 bridgehead atoms. The molecule has 1 saturated heterocycles. The lowest BCUT2D eigenvalue weighted by Crippen LogP contribution is -2.58. The molecule has 0 spiro atoms. The lowest BCUT2D eigenvalue weighted by atomic mass is 9.71. The molecule has 0 amide bonds. The molecule has 0 unspecified atom stereocenters. The number of rotatable bonds is 8. The summed E-state index contributed by atoms with van der Waals surface area (Å²) in [6.45, 7) is 11.9. The molecule has 2 aliphatic rings. The Labute approximate surface area is 187 Å². The van der Waals surface area contributed by atoms with Crippen LogP contribution in [-0.4, -0.2) is 74.3 Å². The Morgan fingerprint density at radius 2 is 1.90 bits per heavy atom. The van der Waals surface area contributed by atoms with Crippen molar-refractivity contribution >= 4 is 5.97 Å². The molecule has 6 heteroatoms. The van der Waals surface area contributed by atoms with Gasteiger partial charge in [0.15, 0.2) is 0 Å². The van der Waals surface area contributed by atoms with Gasteiger partial charge in [0.1, 0.15) is 32.3 Å². The van der Waals surface area contributed by atoms with Gasteiger partial charge in [-0.15, -0.1) is 0 Å². The van der Waals surface area contributed by atoms with Gasteiger partial charge in [-0.3, -0.25) is 0 Å². The molecular formula is C25H40NO5+. The zero-order valence-electron chi connectivity index (χ0n) is 19.6. The molecule has 31 heavy (non-hydrogen) atoms. The minimum Gasteiger partial charge on any atom is -0.465 e. The summed E-state index contributed by atoms with van der Waals surface area (Å²) >= 11 is 0. The fourth-order valence-corrected chi connectivity index (χ4v) is 5.52. The lowest BCUT2D eigenvalue weighted by molar-refractivity contribution is -0.950. The van der Waals surface area contributed by atoms with Crippen molar-refractivity contribution in [1.82, 2.24) is 0 Å². The van der Waals surface area contributed by atoms with Crippen molar-refractivity contribution in [2.75, 3.05) is 46.6 Å². The highest BCUT2D eigenvalue weighted by Crippen LogP contribution is 2.39. The van der Waals surface area contributed by atoms with Gasteiger partial charge < -0.3 is 23.8 Å². The Balaban J connectivity index is 1.59. The monoisotopic (exact) mass is 434 g/mol. The summed E-state index contributed by atoms with van der Waals surface area (Å²) in [5.41, 5.74) is 2.00. The number of methoxy groups -OCH3 is 1. The molecule has 3 atom stereocenters. The predicted molar refractivity (Wildman–Crippen MR) is 120 cm³/mol. The Kier molecular flexibility index (Phi) is 8.14. The molecule has 1 heterocycles. The third-order valence-electron chi connectivity index (χ3n) is 6.78. The summed E-state index contributed by atoms with van der Waals surface area (Å²) in [7, 11) is 1.39. The first-order valence-corrected chi connectivity index (χ1v) is 11.6. The number of aliphatic hydroxyl groups is 1. The molecule has 1 N–H and O–H groups in total. The first kappa shape index (κ1) is 24.2. The molecule has 0 aromatic heterocycles. The van der Waals surface area contributed by atoms with E-state index >= 15 is 0 Å². The summed E-state index contributed by atoms with van der Waals surface area (Å²) in [5, 5.41) is 10.9. The van der Waals surface area contributed by atoms with Crippen LogP contribution in [0.1, 0.15) is 56.0 Å². The van der Waals surface area contributed by atoms with Gasteiger partial charge in [0.25, 0.3) is 0 Å². The third-order valence-corrected chi connectivity index (χ3v) is 6.78. The van der Waals surface area contributed by atoms with Crippen LogP contribution in [0, 0.1) is 11.3 Å². The van der Waals surface area contributed by atoms with Crippen LogP contribution in [0.3, 0.4) is 0 Å². The van der Waals surface area contributed by atoms with E-state index in [9.17, 15) is 9.90 Å². The summed E-state index contributed by atoms with van der Waals surface area (Å²) in [5.74, 6) is 0.339. The number of aliphatic hydroxyl groups excluding tert-OH is 1. The van der Waals surface area contributed by atoms with Gasteiger partial charge >= 0.3 is 5.97 Å². The average molecular weight is 435 g/mol. The molecule has 1 aromatic rings. The highest BCUT2D eigenvalue weighted by Gasteiger charge is 2.35. The Morgan fingerprint density at radius 3 is 2.52 bits per heavy atom. The van der Waals surface area contributed by atoms with E-state index in [4.69, 9.17) is 14.2 Å². The van der Waals surface area contributed by atoms with Crippen molar-refractivity contribution in [3.63, 3.8) is 0 Å². The van der Waals surface area contributed by atoms with Crippen LogP contribution in [0.15, 0.2) is 24.3 Å². The van der Waals surface area contributed by atoms with Crippen molar-refractivity contribution in [2.24, 2.45) is 11.3 Å². The van der Waals surface area contributed by atoms with Crippen LogP contribution < -0.4 is 0 Å². The zero-order chi connectivity index (χ0) is 22.5.